The monoisotopic (exact) mass is 411 g/mol. The molecule has 3 rings (SSSR count). The Bertz CT molecular complexity index is 973. The number of hydrogen-bond donors (Lipinski definition) is 1. The highest BCUT2D eigenvalue weighted by Crippen LogP contribution is 2.30. The topological polar surface area (TPSA) is 102 Å². The van der Waals surface area contributed by atoms with Crippen LogP contribution in [0.5, 0.6) is 0 Å². The number of rotatable bonds is 6. The Kier molecular flexibility index (Phi) is 6.34. The molecule has 1 aliphatic carbocycles. The van der Waals surface area contributed by atoms with Crippen molar-refractivity contribution in [3.63, 3.8) is 0 Å². The minimum atomic E-state index is -1.03. The van der Waals surface area contributed by atoms with E-state index < -0.39 is 22.9 Å². The largest absolute Gasteiger partial charge is 0.449 e. The molecule has 0 bridgehead atoms. The Morgan fingerprint density at radius 3 is 2.67 bits per heavy atom. The number of carbonyl (C=O) groups excluding carboxylic acids is 2. The molecule has 0 unspecified atom stereocenters. The van der Waals surface area contributed by atoms with E-state index in [1.54, 1.807) is 19.0 Å². The standard InChI is InChI=1S/C22H25N3O5/c1-14(21(26)23-18-10-6-8-15-7-4-5-9-17(15)18)30-22(27)16-11-12-19(24(2)3)20(13-16)25(28)29/h4-5,7,9,11-14,18H,6,8,10H2,1-3H3,(H,23,26)/t14-,18+/m0/s1. The molecular weight excluding hydrogens is 386 g/mol. The summed E-state index contributed by atoms with van der Waals surface area (Å²) in [5.74, 6) is -1.18. The van der Waals surface area contributed by atoms with Crippen LogP contribution in [0.25, 0.3) is 0 Å². The Hall–Kier alpha value is -3.42. The minimum absolute atomic E-state index is 0.0231. The van der Waals surface area contributed by atoms with Crippen LogP contribution >= 0.6 is 0 Å². The molecule has 1 amide bonds. The van der Waals surface area contributed by atoms with E-state index in [4.69, 9.17) is 4.74 Å². The van der Waals surface area contributed by atoms with Gasteiger partial charge in [0.05, 0.1) is 16.5 Å². The van der Waals surface area contributed by atoms with Crippen LogP contribution in [0.1, 0.15) is 47.3 Å². The fraction of sp³-hybridized carbons (Fsp3) is 0.364. The fourth-order valence-corrected chi connectivity index (χ4v) is 3.65. The molecule has 0 aromatic heterocycles. The molecule has 0 fully saturated rings. The first-order valence-electron chi connectivity index (χ1n) is 9.83. The second kappa shape index (κ2) is 8.94. The van der Waals surface area contributed by atoms with E-state index in [9.17, 15) is 19.7 Å². The second-order valence-electron chi connectivity index (χ2n) is 7.55. The molecule has 2 aromatic rings. The Labute approximate surface area is 175 Å². The maximum absolute atomic E-state index is 12.6. The Morgan fingerprint density at radius 2 is 1.97 bits per heavy atom. The Balaban J connectivity index is 1.68. The first kappa shape index (κ1) is 21.3. The van der Waals surface area contributed by atoms with Crippen molar-refractivity contribution < 1.29 is 19.2 Å². The van der Waals surface area contributed by atoms with Crippen LogP contribution in [0.15, 0.2) is 42.5 Å². The highest BCUT2D eigenvalue weighted by Gasteiger charge is 2.26. The van der Waals surface area contributed by atoms with Crippen molar-refractivity contribution in [2.45, 2.75) is 38.3 Å². The van der Waals surface area contributed by atoms with Crippen LogP contribution in [-0.4, -0.2) is 37.0 Å². The Morgan fingerprint density at radius 1 is 1.23 bits per heavy atom. The molecule has 8 heteroatoms. The van der Waals surface area contributed by atoms with Gasteiger partial charge < -0.3 is 15.0 Å². The molecule has 158 valence electrons. The zero-order valence-corrected chi connectivity index (χ0v) is 17.3. The van der Waals surface area contributed by atoms with Crippen molar-refractivity contribution in [3.8, 4) is 0 Å². The molecule has 1 N–H and O–H groups in total. The first-order chi connectivity index (χ1) is 14.3. The number of esters is 1. The molecule has 0 saturated heterocycles. The van der Waals surface area contributed by atoms with E-state index in [1.165, 1.54) is 30.7 Å². The van der Waals surface area contributed by atoms with Gasteiger partial charge in [-0.25, -0.2) is 4.79 Å². The van der Waals surface area contributed by atoms with E-state index in [-0.39, 0.29) is 17.3 Å². The van der Waals surface area contributed by atoms with Gasteiger partial charge in [0.15, 0.2) is 6.10 Å². The van der Waals surface area contributed by atoms with E-state index in [0.717, 1.165) is 24.8 Å². The van der Waals surface area contributed by atoms with Gasteiger partial charge >= 0.3 is 5.97 Å². The van der Waals surface area contributed by atoms with E-state index >= 15 is 0 Å². The number of nitrogens with zero attached hydrogens (tertiary/aromatic N) is 2. The summed E-state index contributed by atoms with van der Waals surface area (Å²) in [5.41, 5.74) is 2.50. The van der Waals surface area contributed by atoms with Gasteiger partial charge in [-0.1, -0.05) is 24.3 Å². The molecule has 30 heavy (non-hydrogen) atoms. The second-order valence-corrected chi connectivity index (χ2v) is 7.55. The van der Waals surface area contributed by atoms with Gasteiger partial charge in [-0.05, 0) is 49.4 Å². The summed E-state index contributed by atoms with van der Waals surface area (Å²) in [4.78, 5) is 37.4. The molecule has 0 heterocycles. The van der Waals surface area contributed by atoms with Crippen LogP contribution in [0.2, 0.25) is 0 Å². The van der Waals surface area contributed by atoms with Crippen LogP contribution in [0.4, 0.5) is 11.4 Å². The average molecular weight is 411 g/mol. The minimum Gasteiger partial charge on any atom is -0.449 e. The number of fused-ring (bicyclic) bond motifs is 1. The SMILES string of the molecule is C[C@H](OC(=O)c1ccc(N(C)C)c([N+](=O)[O-])c1)C(=O)N[C@@H]1CCCc2ccccc21. The third-order valence-electron chi connectivity index (χ3n) is 5.23. The van der Waals surface area contributed by atoms with E-state index in [2.05, 4.69) is 11.4 Å². The number of carbonyl (C=O) groups is 2. The predicted molar refractivity (Wildman–Crippen MR) is 113 cm³/mol. The van der Waals surface area contributed by atoms with Gasteiger partial charge in [-0.3, -0.25) is 14.9 Å². The summed E-state index contributed by atoms with van der Waals surface area (Å²) in [6.45, 7) is 1.49. The average Bonchev–Trinajstić information content (AvgIpc) is 2.73. The van der Waals surface area contributed by atoms with Crippen molar-refractivity contribution in [1.82, 2.24) is 5.32 Å². The zero-order chi connectivity index (χ0) is 21.8. The van der Waals surface area contributed by atoms with Gasteiger partial charge in [-0.15, -0.1) is 0 Å². The van der Waals surface area contributed by atoms with Crippen LogP contribution in [-0.2, 0) is 16.0 Å². The smallest absolute Gasteiger partial charge is 0.339 e. The van der Waals surface area contributed by atoms with Gasteiger partial charge in [0.2, 0.25) is 0 Å². The van der Waals surface area contributed by atoms with Gasteiger partial charge in [0.25, 0.3) is 11.6 Å². The normalized spacial score (nSPS) is 16.2. The first-order valence-corrected chi connectivity index (χ1v) is 9.83. The summed E-state index contributed by atoms with van der Waals surface area (Å²) in [5, 5.41) is 14.3. The van der Waals surface area contributed by atoms with E-state index in [0.29, 0.717) is 5.69 Å². The number of anilines is 1. The van der Waals surface area contributed by atoms with Gasteiger partial charge in [-0.2, -0.15) is 0 Å². The van der Waals surface area contributed by atoms with Crippen molar-refractivity contribution in [2.75, 3.05) is 19.0 Å². The zero-order valence-electron chi connectivity index (χ0n) is 17.3. The fourth-order valence-electron chi connectivity index (χ4n) is 3.65. The number of amides is 1. The number of nitrogens with one attached hydrogen (secondary N) is 1. The number of aryl methyl sites for hydroxylation is 1. The van der Waals surface area contributed by atoms with Crippen LogP contribution in [0, 0.1) is 10.1 Å². The molecule has 8 nitrogen and oxygen atoms in total. The molecule has 2 aromatic carbocycles. The lowest BCUT2D eigenvalue weighted by Gasteiger charge is -2.27. The maximum atomic E-state index is 12.6. The highest BCUT2D eigenvalue weighted by molar-refractivity contribution is 5.93. The summed E-state index contributed by atoms with van der Waals surface area (Å²) >= 11 is 0. The van der Waals surface area contributed by atoms with Crippen molar-refractivity contribution in [3.05, 3.63) is 69.3 Å². The van der Waals surface area contributed by atoms with Crippen LogP contribution < -0.4 is 10.2 Å². The van der Waals surface area contributed by atoms with Gasteiger partial charge in [0, 0.05) is 20.2 Å². The number of benzene rings is 2. The molecule has 2 atom stereocenters. The van der Waals surface area contributed by atoms with Gasteiger partial charge in [0.1, 0.15) is 5.69 Å². The van der Waals surface area contributed by atoms with E-state index in [1.807, 2.05) is 18.2 Å². The molecule has 0 spiro atoms. The molecule has 1 aliphatic rings. The molecular formula is C22H25N3O5. The quantitative estimate of drug-likeness (QED) is 0.444. The third kappa shape index (κ3) is 4.59. The molecule has 0 radical (unpaired) electrons. The summed E-state index contributed by atoms with van der Waals surface area (Å²) < 4.78 is 5.28. The van der Waals surface area contributed by atoms with Crippen LogP contribution in [0.3, 0.4) is 0 Å². The number of nitro groups is 1. The summed E-state index contributed by atoms with van der Waals surface area (Å²) in [7, 11) is 3.35. The molecule has 0 aliphatic heterocycles. The lowest BCUT2D eigenvalue weighted by Crippen LogP contribution is -2.39. The number of ether oxygens (including phenoxy) is 1. The third-order valence-corrected chi connectivity index (χ3v) is 5.23. The van der Waals surface area contributed by atoms with Crippen molar-refractivity contribution in [1.29, 1.82) is 0 Å². The number of nitro benzene ring substituents is 1. The maximum Gasteiger partial charge on any atom is 0.339 e. The van der Waals surface area contributed by atoms with Crippen molar-refractivity contribution >= 4 is 23.3 Å². The summed E-state index contributed by atoms with van der Waals surface area (Å²) in [6.07, 6.45) is 1.74. The number of hydrogen-bond acceptors (Lipinski definition) is 6. The molecule has 0 saturated carbocycles. The highest BCUT2D eigenvalue weighted by atomic mass is 16.6. The summed E-state index contributed by atoms with van der Waals surface area (Å²) in [6, 6.07) is 12.0. The predicted octanol–water partition coefficient (Wildman–Crippen LogP) is 3.40. The van der Waals surface area contributed by atoms with Crippen molar-refractivity contribution in [2.24, 2.45) is 0 Å². The lowest BCUT2D eigenvalue weighted by molar-refractivity contribution is -0.384. The lowest BCUT2D eigenvalue weighted by atomic mass is 9.87.